The number of methoxy groups -OCH3 is 1. The quantitative estimate of drug-likeness (QED) is 0.826. The molecular formula is C22H29NO4. The number of fused-ring (bicyclic) bond motifs is 1. The maximum Gasteiger partial charge on any atom is 0.337 e. The van der Waals surface area contributed by atoms with Gasteiger partial charge in [0, 0.05) is 19.6 Å². The van der Waals surface area contributed by atoms with E-state index in [4.69, 9.17) is 9.47 Å². The Morgan fingerprint density at radius 2 is 1.93 bits per heavy atom. The Morgan fingerprint density at radius 1 is 1.22 bits per heavy atom. The molecule has 1 amide bonds. The van der Waals surface area contributed by atoms with Crippen molar-refractivity contribution in [3.63, 3.8) is 0 Å². The lowest BCUT2D eigenvalue weighted by Gasteiger charge is -2.53. The number of rotatable bonds is 3. The first-order valence-electron chi connectivity index (χ1n) is 9.86. The van der Waals surface area contributed by atoms with Gasteiger partial charge < -0.3 is 14.8 Å². The second kappa shape index (κ2) is 6.33. The van der Waals surface area contributed by atoms with Crippen LogP contribution in [-0.4, -0.2) is 31.6 Å². The van der Waals surface area contributed by atoms with Gasteiger partial charge in [-0.2, -0.15) is 0 Å². The highest BCUT2D eigenvalue weighted by Gasteiger charge is 2.68. The predicted octanol–water partition coefficient (Wildman–Crippen LogP) is 3.49. The summed E-state index contributed by atoms with van der Waals surface area (Å²) in [7, 11) is 1.39. The molecule has 0 aromatic heterocycles. The van der Waals surface area contributed by atoms with Gasteiger partial charge in [0.05, 0.1) is 18.8 Å². The topological polar surface area (TPSA) is 64.6 Å². The van der Waals surface area contributed by atoms with Crippen molar-refractivity contribution < 1.29 is 19.1 Å². The zero-order valence-corrected chi connectivity index (χ0v) is 16.6. The van der Waals surface area contributed by atoms with Crippen LogP contribution in [0.4, 0.5) is 0 Å². The molecule has 4 rings (SSSR count). The Labute approximate surface area is 160 Å². The molecular weight excluding hydrogens is 342 g/mol. The lowest BCUT2D eigenvalue weighted by atomic mass is 9.59. The maximum absolute atomic E-state index is 11.9. The average molecular weight is 371 g/mol. The van der Waals surface area contributed by atoms with Crippen LogP contribution in [0.2, 0.25) is 0 Å². The number of carbonyl (C=O) groups is 2. The molecule has 5 nitrogen and oxygen atoms in total. The summed E-state index contributed by atoms with van der Waals surface area (Å²) in [5.41, 5.74) is 1.87. The third kappa shape index (κ3) is 2.70. The standard InChI is InChI=1S/C22H29NO4/c1-13(24)23-20-21(2,3)16-11-17-18(27-10-9-22(17,20)12-16)14-5-7-15(8-6-14)19(25)26-4/h5-8,16-18,20H,9-12H2,1-4H3,(H,23,24)/t16-,17-,18-,20-,22?/m1/s1. The summed E-state index contributed by atoms with van der Waals surface area (Å²) >= 11 is 0. The molecule has 0 radical (unpaired) electrons. The van der Waals surface area contributed by atoms with Crippen molar-refractivity contribution in [3.8, 4) is 0 Å². The second-order valence-electron chi connectivity index (χ2n) is 9.09. The molecule has 5 atom stereocenters. The predicted molar refractivity (Wildman–Crippen MR) is 101 cm³/mol. The molecule has 1 aliphatic heterocycles. The first-order valence-corrected chi connectivity index (χ1v) is 9.86. The Balaban J connectivity index is 1.65. The highest BCUT2D eigenvalue weighted by Crippen LogP contribution is 2.70. The smallest absolute Gasteiger partial charge is 0.337 e. The molecule has 1 N–H and O–H groups in total. The number of hydrogen-bond donors (Lipinski definition) is 1. The fourth-order valence-electron chi connectivity index (χ4n) is 6.25. The highest BCUT2D eigenvalue weighted by molar-refractivity contribution is 5.89. The van der Waals surface area contributed by atoms with E-state index in [-0.39, 0.29) is 34.9 Å². The third-order valence-electron chi connectivity index (χ3n) is 7.51. The van der Waals surface area contributed by atoms with Crippen LogP contribution in [0.5, 0.6) is 0 Å². The molecule has 2 saturated carbocycles. The molecule has 1 saturated heterocycles. The first-order chi connectivity index (χ1) is 12.8. The first kappa shape index (κ1) is 18.5. The van der Waals surface area contributed by atoms with Crippen LogP contribution in [-0.2, 0) is 14.3 Å². The number of ether oxygens (including phenoxy) is 2. The van der Waals surface area contributed by atoms with E-state index in [1.807, 2.05) is 24.3 Å². The number of hydrogen-bond acceptors (Lipinski definition) is 4. The minimum atomic E-state index is -0.324. The van der Waals surface area contributed by atoms with Crippen molar-refractivity contribution in [2.24, 2.45) is 22.7 Å². The summed E-state index contributed by atoms with van der Waals surface area (Å²) in [6.45, 7) is 6.94. The van der Waals surface area contributed by atoms with E-state index < -0.39 is 0 Å². The van der Waals surface area contributed by atoms with Gasteiger partial charge in [-0.1, -0.05) is 26.0 Å². The molecule has 1 unspecified atom stereocenters. The second-order valence-corrected chi connectivity index (χ2v) is 9.09. The molecule has 1 aromatic rings. The number of amides is 1. The van der Waals surface area contributed by atoms with Crippen molar-refractivity contribution >= 4 is 11.9 Å². The van der Waals surface area contributed by atoms with Crippen LogP contribution in [0.3, 0.4) is 0 Å². The highest BCUT2D eigenvalue weighted by atomic mass is 16.5. The largest absolute Gasteiger partial charge is 0.465 e. The van der Waals surface area contributed by atoms with Gasteiger partial charge in [-0.05, 0) is 59.6 Å². The van der Waals surface area contributed by atoms with Crippen molar-refractivity contribution in [1.82, 2.24) is 5.32 Å². The van der Waals surface area contributed by atoms with Crippen LogP contribution in [0, 0.1) is 22.7 Å². The molecule has 27 heavy (non-hydrogen) atoms. The molecule has 146 valence electrons. The summed E-state index contributed by atoms with van der Waals surface area (Å²) in [6, 6.07) is 7.79. The number of carbonyl (C=O) groups excluding carboxylic acids is 2. The van der Waals surface area contributed by atoms with Gasteiger partial charge in [0.2, 0.25) is 5.91 Å². The molecule has 2 aliphatic carbocycles. The van der Waals surface area contributed by atoms with E-state index >= 15 is 0 Å². The average Bonchev–Trinajstić information content (AvgIpc) is 3.13. The zero-order chi connectivity index (χ0) is 19.4. The molecule has 1 aromatic carbocycles. The third-order valence-corrected chi connectivity index (χ3v) is 7.51. The Kier molecular flexibility index (Phi) is 4.34. The van der Waals surface area contributed by atoms with Gasteiger partial charge in [0.25, 0.3) is 0 Å². The summed E-state index contributed by atoms with van der Waals surface area (Å²) in [5, 5.41) is 3.30. The van der Waals surface area contributed by atoms with Crippen molar-refractivity contribution in [2.75, 3.05) is 13.7 Å². The monoisotopic (exact) mass is 371 g/mol. The van der Waals surface area contributed by atoms with E-state index in [1.165, 1.54) is 7.11 Å². The Bertz CT molecular complexity index is 756. The van der Waals surface area contributed by atoms with Gasteiger partial charge in [-0.15, -0.1) is 0 Å². The summed E-state index contributed by atoms with van der Waals surface area (Å²) in [5.74, 6) is 0.720. The van der Waals surface area contributed by atoms with Crippen molar-refractivity contribution in [2.45, 2.75) is 52.2 Å². The van der Waals surface area contributed by atoms with E-state index in [2.05, 4.69) is 19.2 Å². The van der Waals surface area contributed by atoms with Gasteiger partial charge in [0.15, 0.2) is 0 Å². The fraction of sp³-hybridized carbons (Fsp3) is 0.636. The van der Waals surface area contributed by atoms with E-state index in [1.54, 1.807) is 6.92 Å². The lowest BCUT2D eigenvalue weighted by Crippen LogP contribution is -2.58. The molecule has 5 heteroatoms. The summed E-state index contributed by atoms with van der Waals surface area (Å²) in [4.78, 5) is 23.6. The van der Waals surface area contributed by atoms with Gasteiger partial charge in [-0.25, -0.2) is 4.79 Å². The van der Waals surface area contributed by atoms with E-state index in [0.717, 1.165) is 24.8 Å². The minimum Gasteiger partial charge on any atom is -0.465 e. The van der Waals surface area contributed by atoms with Gasteiger partial charge in [0.1, 0.15) is 0 Å². The van der Waals surface area contributed by atoms with Crippen LogP contribution in [0.1, 0.15) is 62.1 Å². The maximum atomic E-state index is 11.9. The Hall–Kier alpha value is -1.88. The van der Waals surface area contributed by atoms with Gasteiger partial charge in [-0.3, -0.25) is 4.79 Å². The van der Waals surface area contributed by atoms with Crippen molar-refractivity contribution in [3.05, 3.63) is 35.4 Å². The van der Waals surface area contributed by atoms with Gasteiger partial charge >= 0.3 is 5.97 Å². The van der Waals surface area contributed by atoms with Crippen LogP contribution >= 0.6 is 0 Å². The van der Waals surface area contributed by atoms with Crippen LogP contribution in [0.15, 0.2) is 24.3 Å². The normalized spacial score (nSPS) is 36.1. The molecule has 3 aliphatic rings. The summed E-state index contributed by atoms with van der Waals surface area (Å²) in [6.07, 6.45) is 3.31. The number of benzene rings is 1. The van der Waals surface area contributed by atoms with E-state index in [9.17, 15) is 9.59 Å². The molecule has 2 bridgehead atoms. The number of esters is 1. The zero-order valence-electron chi connectivity index (χ0n) is 16.6. The van der Waals surface area contributed by atoms with E-state index in [0.29, 0.717) is 24.0 Å². The number of nitrogens with one attached hydrogen (secondary N) is 1. The SMILES string of the molecule is COC(=O)c1ccc([C@H]2OCCC34C[C@@H](C[C@H]23)C(C)(C)[C@H]4NC(C)=O)cc1. The minimum absolute atomic E-state index is 0.0165. The van der Waals surface area contributed by atoms with Crippen LogP contribution in [0.25, 0.3) is 0 Å². The lowest BCUT2D eigenvalue weighted by molar-refractivity contribution is -0.135. The molecule has 1 heterocycles. The molecule has 1 spiro atoms. The Morgan fingerprint density at radius 3 is 2.56 bits per heavy atom. The van der Waals surface area contributed by atoms with Crippen molar-refractivity contribution in [1.29, 1.82) is 0 Å². The summed E-state index contributed by atoms with van der Waals surface area (Å²) < 4.78 is 11.0. The van der Waals surface area contributed by atoms with Crippen LogP contribution < -0.4 is 5.32 Å². The molecule has 3 fully saturated rings. The fourth-order valence-corrected chi connectivity index (χ4v) is 6.25.